The lowest BCUT2D eigenvalue weighted by Crippen LogP contribution is -1.99. The molecule has 0 spiro atoms. The van der Waals surface area contributed by atoms with Crippen molar-refractivity contribution >= 4 is 43.6 Å². The number of nitriles is 1. The molecule has 0 aliphatic heterocycles. The Morgan fingerprint density at radius 1 is 0.391 bits per heavy atom. The molecule has 214 valence electrons. The number of nitrogens with zero attached hydrogens (tertiary/aromatic N) is 3. The minimum Gasteiger partial charge on any atom is -0.309 e. The third-order valence-electron chi connectivity index (χ3n) is 9.18. The number of benzene rings is 7. The van der Waals surface area contributed by atoms with Gasteiger partial charge >= 0.3 is 0 Å². The molecule has 9 rings (SSSR count). The maximum atomic E-state index is 9.96. The molecule has 0 amide bonds. The van der Waals surface area contributed by atoms with Crippen molar-refractivity contribution in [1.29, 1.82) is 5.26 Å². The summed E-state index contributed by atoms with van der Waals surface area (Å²) in [7, 11) is 0. The standard InChI is InChI=1S/C43H27N3/c44-28-29-21-26-38(43(27-29)46-41-19-9-5-15-36(41)37-16-6-10-20-42(37)46)33-12-2-1-11-32(33)30-22-24-31(25-23-30)45-39-17-7-3-13-34(39)35-14-4-8-18-40(35)45/h1-27H. The minimum absolute atomic E-state index is 0.633. The van der Waals surface area contributed by atoms with Gasteiger partial charge in [0.05, 0.1) is 39.4 Å². The fourth-order valence-corrected chi connectivity index (χ4v) is 7.16. The van der Waals surface area contributed by atoms with E-state index < -0.39 is 0 Å². The van der Waals surface area contributed by atoms with Crippen LogP contribution in [0.15, 0.2) is 164 Å². The molecule has 7 aromatic carbocycles. The topological polar surface area (TPSA) is 33.6 Å². The predicted octanol–water partition coefficient (Wildman–Crippen LogP) is 11.1. The van der Waals surface area contributed by atoms with Crippen molar-refractivity contribution in [2.75, 3.05) is 0 Å². The van der Waals surface area contributed by atoms with E-state index >= 15 is 0 Å². The van der Waals surface area contributed by atoms with Gasteiger partial charge in [0, 0.05) is 32.8 Å². The molecule has 3 nitrogen and oxygen atoms in total. The van der Waals surface area contributed by atoms with Crippen molar-refractivity contribution in [2.24, 2.45) is 0 Å². The lowest BCUT2D eigenvalue weighted by molar-refractivity contribution is 1.18. The highest BCUT2D eigenvalue weighted by Crippen LogP contribution is 2.40. The molecule has 46 heavy (non-hydrogen) atoms. The SMILES string of the molecule is N#Cc1ccc(-c2ccccc2-c2ccc(-n3c4ccccc4c4ccccc43)cc2)c(-n2c3ccccc3c3ccccc32)c1. The van der Waals surface area contributed by atoms with Crippen LogP contribution in [0.5, 0.6) is 0 Å². The third kappa shape index (κ3) is 3.91. The smallest absolute Gasteiger partial charge is 0.0992 e. The van der Waals surface area contributed by atoms with Crippen molar-refractivity contribution in [2.45, 2.75) is 0 Å². The Morgan fingerprint density at radius 2 is 0.848 bits per heavy atom. The Hall–Kier alpha value is -6.37. The van der Waals surface area contributed by atoms with E-state index in [1.807, 2.05) is 12.1 Å². The summed E-state index contributed by atoms with van der Waals surface area (Å²) in [5, 5.41) is 14.9. The molecule has 0 fully saturated rings. The summed E-state index contributed by atoms with van der Waals surface area (Å²) < 4.78 is 4.66. The van der Waals surface area contributed by atoms with Crippen LogP contribution in [0.1, 0.15) is 5.56 Å². The van der Waals surface area contributed by atoms with Gasteiger partial charge in [0.15, 0.2) is 0 Å². The number of hydrogen-bond acceptors (Lipinski definition) is 1. The summed E-state index contributed by atoms with van der Waals surface area (Å²) in [4.78, 5) is 0. The lowest BCUT2D eigenvalue weighted by Gasteiger charge is -2.18. The van der Waals surface area contributed by atoms with Gasteiger partial charge in [-0.1, -0.05) is 115 Å². The lowest BCUT2D eigenvalue weighted by atomic mass is 9.92. The molecule has 2 heterocycles. The van der Waals surface area contributed by atoms with Crippen molar-refractivity contribution in [1.82, 2.24) is 9.13 Å². The first kappa shape index (κ1) is 26.1. The van der Waals surface area contributed by atoms with Crippen LogP contribution in [0.25, 0.3) is 77.2 Å². The second-order valence-electron chi connectivity index (χ2n) is 11.7. The van der Waals surface area contributed by atoms with E-state index in [0.717, 1.165) is 44.7 Å². The molecule has 0 aliphatic rings. The van der Waals surface area contributed by atoms with Crippen molar-refractivity contribution in [3.8, 4) is 39.7 Å². The molecule has 9 aromatic rings. The van der Waals surface area contributed by atoms with Crippen molar-refractivity contribution < 1.29 is 0 Å². The van der Waals surface area contributed by atoms with Crippen LogP contribution in [0.3, 0.4) is 0 Å². The quantitative estimate of drug-likeness (QED) is 0.202. The Balaban J connectivity index is 1.23. The molecule has 0 aliphatic carbocycles. The molecule has 3 heteroatoms. The molecule has 0 atom stereocenters. The second-order valence-corrected chi connectivity index (χ2v) is 11.7. The third-order valence-corrected chi connectivity index (χ3v) is 9.18. The molecule has 0 saturated carbocycles. The zero-order valence-electron chi connectivity index (χ0n) is 24.9. The zero-order valence-corrected chi connectivity index (χ0v) is 24.9. The van der Waals surface area contributed by atoms with Crippen LogP contribution in [0.2, 0.25) is 0 Å². The first-order chi connectivity index (χ1) is 22.8. The summed E-state index contributed by atoms with van der Waals surface area (Å²) in [6.07, 6.45) is 0. The Labute approximate surface area is 266 Å². The highest BCUT2D eigenvalue weighted by molar-refractivity contribution is 6.10. The van der Waals surface area contributed by atoms with Crippen LogP contribution in [-0.2, 0) is 0 Å². The monoisotopic (exact) mass is 585 g/mol. The average Bonchev–Trinajstić information content (AvgIpc) is 3.65. The van der Waals surface area contributed by atoms with Gasteiger partial charge in [-0.15, -0.1) is 0 Å². The Kier molecular flexibility index (Phi) is 5.88. The minimum atomic E-state index is 0.633. The molecule has 2 aromatic heterocycles. The first-order valence-electron chi connectivity index (χ1n) is 15.5. The normalized spacial score (nSPS) is 11.5. The van der Waals surface area contributed by atoms with Gasteiger partial charge in [-0.05, 0) is 65.2 Å². The van der Waals surface area contributed by atoms with Crippen LogP contribution in [0, 0.1) is 11.3 Å². The average molecular weight is 586 g/mol. The molecule has 0 unspecified atom stereocenters. The largest absolute Gasteiger partial charge is 0.309 e. The van der Waals surface area contributed by atoms with E-state index in [9.17, 15) is 5.26 Å². The van der Waals surface area contributed by atoms with Crippen LogP contribution < -0.4 is 0 Å². The molecular weight excluding hydrogens is 558 g/mol. The highest BCUT2D eigenvalue weighted by atomic mass is 15.0. The van der Waals surface area contributed by atoms with Crippen LogP contribution in [-0.4, -0.2) is 9.13 Å². The number of para-hydroxylation sites is 4. The fourth-order valence-electron chi connectivity index (χ4n) is 7.16. The van der Waals surface area contributed by atoms with Gasteiger partial charge in [-0.25, -0.2) is 0 Å². The number of aromatic nitrogens is 2. The van der Waals surface area contributed by atoms with E-state index in [2.05, 4.69) is 167 Å². The van der Waals surface area contributed by atoms with Crippen LogP contribution in [0.4, 0.5) is 0 Å². The van der Waals surface area contributed by atoms with Crippen molar-refractivity contribution in [3.05, 3.63) is 169 Å². The van der Waals surface area contributed by atoms with E-state index in [-0.39, 0.29) is 0 Å². The summed E-state index contributed by atoms with van der Waals surface area (Å²) in [5.41, 5.74) is 11.9. The maximum Gasteiger partial charge on any atom is 0.0992 e. The molecule has 0 saturated heterocycles. The van der Waals surface area contributed by atoms with E-state index in [1.165, 1.54) is 32.6 Å². The highest BCUT2D eigenvalue weighted by Gasteiger charge is 2.18. The molecular formula is C43H27N3. The second kappa shape index (κ2) is 10.4. The maximum absolute atomic E-state index is 9.96. The van der Waals surface area contributed by atoms with Gasteiger partial charge < -0.3 is 9.13 Å². The summed E-state index contributed by atoms with van der Waals surface area (Å²) in [6, 6.07) is 60.1. The molecule has 0 radical (unpaired) electrons. The Morgan fingerprint density at radius 3 is 1.37 bits per heavy atom. The van der Waals surface area contributed by atoms with Gasteiger partial charge in [-0.3, -0.25) is 0 Å². The van der Waals surface area contributed by atoms with E-state index in [1.54, 1.807) is 0 Å². The zero-order chi connectivity index (χ0) is 30.6. The van der Waals surface area contributed by atoms with E-state index in [4.69, 9.17) is 0 Å². The number of rotatable bonds is 4. The summed E-state index contributed by atoms with van der Waals surface area (Å²) in [6.45, 7) is 0. The van der Waals surface area contributed by atoms with E-state index in [0.29, 0.717) is 5.56 Å². The van der Waals surface area contributed by atoms with Gasteiger partial charge in [0.1, 0.15) is 0 Å². The number of hydrogen-bond donors (Lipinski definition) is 0. The fraction of sp³-hybridized carbons (Fsp3) is 0. The summed E-state index contributed by atoms with van der Waals surface area (Å²) >= 11 is 0. The first-order valence-corrected chi connectivity index (χ1v) is 15.5. The van der Waals surface area contributed by atoms with Crippen molar-refractivity contribution in [3.63, 3.8) is 0 Å². The van der Waals surface area contributed by atoms with Crippen LogP contribution >= 0.6 is 0 Å². The molecule has 0 N–H and O–H groups in total. The van der Waals surface area contributed by atoms with Gasteiger partial charge in [-0.2, -0.15) is 5.26 Å². The summed E-state index contributed by atoms with van der Waals surface area (Å²) in [5.74, 6) is 0. The number of fused-ring (bicyclic) bond motifs is 6. The predicted molar refractivity (Wildman–Crippen MR) is 191 cm³/mol. The van der Waals surface area contributed by atoms with Gasteiger partial charge in [0.2, 0.25) is 0 Å². The Bertz CT molecular complexity index is 2540. The van der Waals surface area contributed by atoms with Gasteiger partial charge in [0.25, 0.3) is 0 Å². The molecule has 0 bridgehead atoms.